The highest BCUT2D eigenvalue weighted by atomic mass is 79.9. The van der Waals surface area contributed by atoms with Crippen molar-refractivity contribution in [3.63, 3.8) is 0 Å². The molecule has 1 nitrogen and oxygen atoms in total. The van der Waals surface area contributed by atoms with Crippen molar-refractivity contribution in [1.29, 1.82) is 0 Å². The summed E-state index contributed by atoms with van der Waals surface area (Å²) in [7, 11) is 0. The van der Waals surface area contributed by atoms with Crippen LogP contribution in [0.15, 0.2) is 15.9 Å². The number of thiophene rings is 1. The molecule has 0 aliphatic carbocycles. The van der Waals surface area contributed by atoms with Crippen LogP contribution in [0.5, 0.6) is 0 Å². The molecule has 16 heavy (non-hydrogen) atoms. The molecule has 1 atom stereocenters. The summed E-state index contributed by atoms with van der Waals surface area (Å²) in [4.78, 5) is 1.36. The Morgan fingerprint density at radius 3 is 2.56 bits per heavy atom. The third-order valence-electron chi connectivity index (χ3n) is 2.59. The highest BCUT2D eigenvalue weighted by molar-refractivity contribution is 9.11. The van der Waals surface area contributed by atoms with E-state index in [-0.39, 0.29) is 5.41 Å². The molecule has 0 aromatic carbocycles. The summed E-state index contributed by atoms with van der Waals surface area (Å²) in [6.45, 7) is 7.68. The fourth-order valence-electron chi connectivity index (χ4n) is 1.62. The van der Waals surface area contributed by atoms with E-state index in [1.165, 1.54) is 8.66 Å². The molecular formula is C12H19BrClNS. The molecule has 1 heterocycles. The lowest BCUT2D eigenvalue weighted by Crippen LogP contribution is -2.40. The highest BCUT2D eigenvalue weighted by Crippen LogP contribution is 2.25. The third kappa shape index (κ3) is 4.74. The van der Waals surface area contributed by atoms with Crippen LogP contribution < -0.4 is 5.32 Å². The van der Waals surface area contributed by atoms with Crippen molar-refractivity contribution >= 4 is 38.9 Å². The first-order valence-electron chi connectivity index (χ1n) is 5.47. The lowest BCUT2D eigenvalue weighted by atomic mass is 9.85. The topological polar surface area (TPSA) is 12.0 Å². The summed E-state index contributed by atoms with van der Waals surface area (Å²) in [5, 5.41) is 3.60. The standard InChI is InChI=1S/C12H19BrClNS/c1-12(2,3)10(6-7-14)15-8-9-4-5-11(13)16-9/h4-5,10,15H,6-8H2,1-3H3. The Balaban J connectivity index is 2.50. The minimum atomic E-state index is 0.253. The van der Waals surface area contributed by atoms with Crippen LogP contribution in [0.1, 0.15) is 32.1 Å². The van der Waals surface area contributed by atoms with E-state index in [1.807, 2.05) is 0 Å². The zero-order valence-corrected chi connectivity index (χ0v) is 13.2. The van der Waals surface area contributed by atoms with Gasteiger partial charge in [-0.05, 0) is 39.9 Å². The van der Waals surface area contributed by atoms with E-state index < -0.39 is 0 Å². The van der Waals surface area contributed by atoms with Crippen LogP contribution in [-0.2, 0) is 6.54 Å². The molecule has 4 heteroatoms. The number of nitrogens with one attached hydrogen (secondary N) is 1. The predicted octanol–water partition coefficient (Wildman–Crippen LogP) is 4.64. The second-order valence-corrected chi connectivity index (χ2v) is 7.91. The number of hydrogen-bond acceptors (Lipinski definition) is 2. The minimum absolute atomic E-state index is 0.253. The first-order valence-corrected chi connectivity index (χ1v) is 7.61. The monoisotopic (exact) mass is 323 g/mol. The molecule has 1 N–H and O–H groups in total. The Labute approximate surface area is 116 Å². The van der Waals surface area contributed by atoms with Gasteiger partial charge < -0.3 is 5.32 Å². The van der Waals surface area contributed by atoms with Gasteiger partial charge in [0.05, 0.1) is 3.79 Å². The van der Waals surface area contributed by atoms with Gasteiger partial charge in [-0.15, -0.1) is 22.9 Å². The number of rotatable bonds is 5. The van der Waals surface area contributed by atoms with Gasteiger partial charge >= 0.3 is 0 Å². The van der Waals surface area contributed by atoms with E-state index in [4.69, 9.17) is 11.6 Å². The zero-order chi connectivity index (χ0) is 12.2. The molecule has 0 saturated heterocycles. The van der Waals surface area contributed by atoms with E-state index in [2.05, 4.69) is 54.2 Å². The smallest absolute Gasteiger partial charge is 0.0701 e. The summed E-state index contributed by atoms with van der Waals surface area (Å²) >= 11 is 11.1. The van der Waals surface area contributed by atoms with E-state index in [1.54, 1.807) is 11.3 Å². The summed E-state index contributed by atoms with van der Waals surface area (Å²) in [6.07, 6.45) is 1.01. The minimum Gasteiger partial charge on any atom is -0.309 e. The number of alkyl halides is 1. The molecule has 1 aromatic rings. The fraction of sp³-hybridized carbons (Fsp3) is 0.667. The van der Waals surface area contributed by atoms with Gasteiger partial charge in [0.2, 0.25) is 0 Å². The lowest BCUT2D eigenvalue weighted by molar-refractivity contribution is 0.261. The van der Waals surface area contributed by atoms with Crippen LogP contribution in [0.4, 0.5) is 0 Å². The van der Waals surface area contributed by atoms with Crippen LogP contribution in [0.3, 0.4) is 0 Å². The Hall–Kier alpha value is 0.430. The van der Waals surface area contributed by atoms with E-state index in [9.17, 15) is 0 Å². The molecule has 0 aliphatic heterocycles. The van der Waals surface area contributed by atoms with Crippen LogP contribution >= 0.6 is 38.9 Å². The predicted molar refractivity (Wildman–Crippen MR) is 77.4 cm³/mol. The first kappa shape index (κ1) is 14.5. The molecule has 1 rings (SSSR count). The molecule has 0 saturated carbocycles. The SMILES string of the molecule is CC(C)(C)C(CCCl)NCc1ccc(Br)s1. The largest absolute Gasteiger partial charge is 0.309 e. The molecule has 0 bridgehead atoms. The molecular weight excluding hydrogens is 306 g/mol. The highest BCUT2D eigenvalue weighted by Gasteiger charge is 2.23. The van der Waals surface area contributed by atoms with Crippen LogP contribution in [0.2, 0.25) is 0 Å². The van der Waals surface area contributed by atoms with E-state index >= 15 is 0 Å². The van der Waals surface area contributed by atoms with Gasteiger partial charge in [0.15, 0.2) is 0 Å². The van der Waals surface area contributed by atoms with Gasteiger partial charge in [0, 0.05) is 23.3 Å². The normalized spacial score (nSPS) is 14.1. The van der Waals surface area contributed by atoms with Gasteiger partial charge in [0.1, 0.15) is 0 Å². The molecule has 1 aromatic heterocycles. The van der Waals surface area contributed by atoms with Crippen molar-refractivity contribution in [1.82, 2.24) is 5.32 Å². The molecule has 0 aliphatic rings. The van der Waals surface area contributed by atoms with Crippen LogP contribution in [0, 0.1) is 5.41 Å². The zero-order valence-electron chi connectivity index (χ0n) is 10.0. The summed E-state index contributed by atoms with van der Waals surface area (Å²) < 4.78 is 1.19. The van der Waals surface area contributed by atoms with Crippen molar-refractivity contribution in [2.75, 3.05) is 5.88 Å². The average molecular weight is 325 g/mol. The van der Waals surface area contributed by atoms with Gasteiger partial charge in [-0.1, -0.05) is 20.8 Å². The van der Waals surface area contributed by atoms with Crippen LogP contribution in [-0.4, -0.2) is 11.9 Å². The first-order chi connectivity index (χ1) is 7.43. The van der Waals surface area contributed by atoms with Crippen molar-refractivity contribution in [3.05, 3.63) is 20.8 Å². The van der Waals surface area contributed by atoms with Crippen molar-refractivity contribution in [2.24, 2.45) is 5.41 Å². The third-order valence-corrected chi connectivity index (χ3v) is 4.44. The maximum Gasteiger partial charge on any atom is 0.0701 e. The van der Waals surface area contributed by atoms with Crippen molar-refractivity contribution < 1.29 is 0 Å². The number of hydrogen-bond donors (Lipinski definition) is 1. The second kappa shape index (κ2) is 6.39. The Kier molecular flexibility index (Phi) is 5.78. The maximum atomic E-state index is 5.84. The van der Waals surface area contributed by atoms with Gasteiger partial charge in [-0.25, -0.2) is 0 Å². The van der Waals surface area contributed by atoms with E-state index in [0.29, 0.717) is 11.9 Å². The summed E-state index contributed by atoms with van der Waals surface area (Å²) in [6, 6.07) is 4.71. The molecule has 0 radical (unpaired) electrons. The molecule has 0 spiro atoms. The van der Waals surface area contributed by atoms with Gasteiger partial charge in [-0.2, -0.15) is 0 Å². The van der Waals surface area contributed by atoms with Crippen molar-refractivity contribution in [3.8, 4) is 0 Å². The van der Waals surface area contributed by atoms with Crippen molar-refractivity contribution in [2.45, 2.75) is 39.8 Å². The molecule has 0 amide bonds. The van der Waals surface area contributed by atoms with Gasteiger partial charge in [0.25, 0.3) is 0 Å². The molecule has 92 valence electrons. The van der Waals surface area contributed by atoms with Gasteiger partial charge in [-0.3, -0.25) is 0 Å². The summed E-state index contributed by atoms with van der Waals surface area (Å²) in [5.41, 5.74) is 0.253. The van der Waals surface area contributed by atoms with Crippen LogP contribution in [0.25, 0.3) is 0 Å². The second-order valence-electron chi connectivity index (χ2n) is 4.98. The molecule has 0 fully saturated rings. The Bertz CT molecular complexity index is 319. The molecule has 1 unspecified atom stereocenters. The Morgan fingerprint density at radius 1 is 1.44 bits per heavy atom. The lowest BCUT2D eigenvalue weighted by Gasteiger charge is -2.31. The number of halogens is 2. The maximum absolute atomic E-state index is 5.84. The summed E-state index contributed by atoms with van der Waals surface area (Å²) in [5.74, 6) is 0.711. The fourth-order valence-corrected chi connectivity index (χ4v) is 3.27. The average Bonchev–Trinajstić information content (AvgIpc) is 2.57. The van der Waals surface area contributed by atoms with E-state index in [0.717, 1.165) is 13.0 Å². The quantitative estimate of drug-likeness (QED) is 0.778. The Morgan fingerprint density at radius 2 is 2.12 bits per heavy atom.